The molecule has 0 aromatic carbocycles. The largest absolute Gasteiger partial charge is 0.477 e. The number of aromatic nitrogens is 1. The monoisotopic (exact) mass is 179 g/mol. The lowest BCUT2D eigenvalue weighted by molar-refractivity contribution is 0.0685. The Hall–Kier alpha value is -1.71. The highest BCUT2D eigenvalue weighted by molar-refractivity contribution is 5.92. The van der Waals surface area contributed by atoms with Gasteiger partial charge in [0.1, 0.15) is 5.69 Å². The summed E-state index contributed by atoms with van der Waals surface area (Å²) in [6.07, 6.45) is 1.56. The number of rotatable bonds is 2. The van der Waals surface area contributed by atoms with Crippen molar-refractivity contribution in [3.05, 3.63) is 24.1 Å². The number of fused-ring (bicyclic) bond motifs is 1. The molecule has 0 fully saturated rings. The summed E-state index contributed by atoms with van der Waals surface area (Å²) in [4.78, 5) is 10.8. The summed E-state index contributed by atoms with van der Waals surface area (Å²) in [7, 11) is 0. The van der Waals surface area contributed by atoms with E-state index >= 15 is 0 Å². The van der Waals surface area contributed by atoms with Crippen molar-refractivity contribution >= 4 is 17.1 Å². The predicted octanol–water partition coefficient (Wildman–Crippen LogP) is 1.95. The number of carboxylic acid groups (broad SMARTS) is 1. The number of hydrogen-bond acceptors (Lipinski definition) is 2. The van der Waals surface area contributed by atoms with E-state index in [9.17, 15) is 4.79 Å². The lowest BCUT2D eigenvalue weighted by atomic mass is 10.3. The average molecular weight is 179 g/mol. The highest BCUT2D eigenvalue weighted by atomic mass is 16.4. The van der Waals surface area contributed by atoms with Crippen molar-refractivity contribution in [1.29, 1.82) is 0 Å². The van der Waals surface area contributed by atoms with Gasteiger partial charge in [0.15, 0.2) is 0 Å². The van der Waals surface area contributed by atoms with Crippen LogP contribution in [-0.4, -0.2) is 15.6 Å². The first-order chi connectivity index (χ1) is 6.24. The van der Waals surface area contributed by atoms with Gasteiger partial charge in [0.2, 0.25) is 5.71 Å². The molecule has 0 atom stereocenters. The predicted molar refractivity (Wildman–Crippen MR) is 46.8 cm³/mol. The van der Waals surface area contributed by atoms with E-state index in [0.717, 1.165) is 5.39 Å². The average Bonchev–Trinajstić information content (AvgIpc) is 2.60. The maximum absolute atomic E-state index is 10.8. The number of aromatic carboxylic acids is 1. The quantitative estimate of drug-likeness (QED) is 0.766. The molecule has 0 radical (unpaired) electrons. The molecular weight excluding hydrogens is 170 g/mol. The molecule has 13 heavy (non-hydrogen) atoms. The maximum atomic E-state index is 10.8. The number of nitrogens with zero attached hydrogens (tertiary/aromatic N) is 1. The normalized spacial score (nSPS) is 10.8. The molecule has 0 aliphatic heterocycles. The summed E-state index contributed by atoms with van der Waals surface area (Å²) >= 11 is 0. The standard InChI is InChI=1S/C9H9NO3/c1-2-10-7(9(11)12)5-6-3-4-13-8(6)10/h3-5H,2H2,1H3,(H,11,12). The molecule has 0 amide bonds. The van der Waals surface area contributed by atoms with Gasteiger partial charge in [-0.2, -0.15) is 0 Å². The second-order valence-electron chi connectivity index (χ2n) is 2.76. The van der Waals surface area contributed by atoms with Gasteiger partial charge in [-0.05, 0) is 19.1 Å². The smallest absolute Gasteiger partial charge is 0.352 e. The van der Waals surface area contributed by atoms with Crippen LogP contribution in [0.2, 0.25) is 0 Å². The fourth-order valence-corrected chi connectivity index (χ4v) is 1.47. The van der Waals surface area contributed by atoms with Gasteiger partial charge in [0.05, 0.1) is 6.26 Å². The van der Waals surface area contributed by atoms with E-state index in [-0.39, 0.29) is 5.69 Å². The van der Waals surface area contributed by atoms with E-state index in [1.54, 1.807) is 23.0 Å². The van der Waals surface area contributed by atoms with E-state index < -0.39 is 5.97 Å². The third-order valence-corrected chi connectivity index (χ3v) is 2.04. The summed E-state index contributed by atoms with van der Waals surface area (Å²) in [5.41, 5.74) is 0.900. The molecule has 4 heteroatoms. The van der Waals surface area contributed by atoms with Crippen LogP contribution < -0.4 is 0 Å². The summed E-state index contributed by atoms with van der Waals surface area (Å²) in [6.45, 7) is 2.48. The highest BCUT2D eigenvalue weighted by Crippen LogP contribution is 2.20. The number of carbonyl (C=O) groups is 1. The van der Waals surface area contributed by atoms with Crippen LogP contribution >= 0.6 is 0 Å². The lowest BCUT2D eigenvalue weighted by Crippen LogP contribution is -2.06. The SMILES string of the molecule is CCn1c(C(=O)O)cc2ccoc21. The van der Waals surface area contributed by atoms with Crippen LogP contribution in [0.4, 0.5) is 0 Å². The molecule has 0 saturated carbocycles. The van der Waals surface area contributed by atoms with Gasteiger partial charge in [-0.25, -0.2) is 4.79 Å². The molecule has 2 rings (SSSR count). The van der Waals surface area contributed by atoms with Crippen LogP contribution in [0.25, 0.3) is 11.1 Å². The Morgan fingerprint density at radius 3 is 3.08 bits per heavy atom. The van der Waals surface area contributed by atoms with Crippen molar-refractivity contribution in [2.45, 2.75) is 13.5 Å². The number of furan rings is 1. The maximum Gasteiger partial charge on any atom is 0.352 e. The van der Waals surface area contributed by atoms with Gasteiger partial charge in [0.25, 0.3) is 0 Å². The molecule has 0 aliphatic rings. The molecule has 68 valence electrons. The molecule has 0 bridgehead atoms. The van der Waals surface area contributed by atoms with Crippen LogP contribution in [0, 0.1) is 0 Å². The molecule has 2 aromatic heterocycles. The fourth-order valence-electron chi connectivity index (χ4n) is 1.47. The van der Waals surface area contributed by atoms with E-state index in [4.69, 9.17) is 9.52 Å². The number of hydrogen-bond donors (Lipinski definition) is 1. The van der Waals surface area contributed by atoms with Crippen LogP contribution in [0.3, 0.4) is 0 Å². The summed E-state index contributed by atoms with van der Waals surface area (Å²) in [5.74, 6) is -0.923. The highest BCUT2D eigenvalue weighted by Gasteiger charge is 2.14. The molecule has 4 nitrogen and oxygen atoms in total. The third-order valence-electron chi connectivity index (χ3n) is 2.04. The van der Waals surface area contributed by atoms with E-state index in [1.165, 1.54) is 0 Å². The van der Waals surface area contributed by atoms with Crippen LogP contribution in [0.5, 0.6) is 0 Å². The van der Waals surface area contributed by atoms with E-state index in [1.807, 2.05) is 6.92 Å². The van der Waals surface area contributed by atoms with Gasteiger partial charge >= 0.3 is 5.97 Å². The zero-order valence-electron chi connectivity index (χ0n) is 7.15. The van der Waals surface area contributed by atoms with E-state index in [2.05, 4.69) is 0 Å². The summed E-state index contributed by atoms with van der Waals surface area (Å²) in [6, 6.07) is 3.37. The first kappa shape index (κ1) is 7.91. The zero-order valence-corrected chi connectivity index (χ0v) is 7.15. The van der Waals surface area contributed by atoms with Crippen molar-refractivity contribution in [1.82, 2.24) is 4.57 Å². The Morgan fingerprint density at radius 2 is 2.46 bits per heavy atom. The molecule has 2 aromatic rings. The number of aryl methyl sites for hydroxylation is 1. The van der Waals surface area contributed by atoms with Gasteiger partial charge in [-0.3, -0.25) is 0 Å². The van der Waals surface area contributed by atoms with Crippen molar-refractivity contribution in [2.75, 3.05) is 0 Å². The fraction of sp³-hybridized carbons (Fsp3) is 0.222. The second-order valence-corrected chi connectivity index (χ2v) is 2.76. The summed E-state index contributed by atoms with van der Waals surface area (Å²) < 4.78 is 6.81. The van der Waals surface area contributed by atoms with Crippen molar-refractivity contribution in [2.24, 2.45) is 0 Å². The first-order valence-corrected chi connectivity index (χ1v) is 4.04. The topological polar surface area (TPSA) is 55.4 Å². The minimum absolute atomic E-state index is 0.275. The van der Waals surface area contributed by atoms with Crippen molar-refractivity contribution in [3.8, 4) is 0 Å². The molecule has 1 N–H and O–H groups in total. The second kappa shape index (κ2) is 2.65. The molecule has 0 saturated heterocycles. The summed E-state index contributed by atoms with van der Waals surface area (Å²) in [5, 5.41) is 9.69. The first-order valence-electron chi connectivity index (χ1n) is 4.04. The molecule has 2 heterocycles. The Balaban J connectivity index is 2.74. The molecule has 0 spiro atoms. The van der Waals surface area contributed by atoms with Crippen LogP contribution in [-0.2, 0) is 6.54 Å². The van der Waals surface area contributed by atoms with Gasteiger partial charge < -0.3 is 14.1 Å². The molecule has 0 aliphatic carbocycles. The molecular formula is C9H9NO3. The Morgan fingerprint density at radius 1 is 1.69 bits per heavy atom. The molecule has 0 unspecified atom stereocenters. The van der Waals surface area contributed by atoms with Crippen molar-refractivity contribution in [3.63, 3.8) is 0 Å². The zero-order chi connectivity index (χ0) is 9.42. The minimum atomic E-state index is -0.923. The van der Waals surface area contributed by atoms with Crippen molar-refractivity contribution < 1.29 is 14.3 Å². The Kier molecular flexibility index (Phi) is 1.62. The third kappa shape index (κ3) is 1.02. The van der Waals surface area contributed by atoms with E-state index in [0.29, 0.717) is 12.3 Å². The van der Waals surface area contributed by atoms with Gasteiger partial charge in [-0.15, -0.1) is 0 Å². The van der Waals surface area contributed by atoms with Gasteiger partial charge in [0, 0.05) is 11.9 Å². The minimum Gasteiger partial charge on any atom is -0.477 e. The number of carboxylic acids is 1. The Labute approximate surface area is 74.4 Å². The van der Waals surface area contributed by atoms with Crippen LogP contribution in [0.15, 0.2) is 22.8 Å². The Bertz CT molecular complexity index is 452. The van der Waals surface area contributed by atoms with Gasteiger partial charge in [-0.1, -0.05) is 0 Å². The van der Waals surface area contributed by atoms with Crippen LogP contribution in [0.1, 0.15) is 17.4 Å². The lowest BCUT2D eigenvalue weighted by Gasteiger charge is -2.00.